The number of hydrogen-bond donors (Lipinski definition) is 4. The molecule has 0 saturated carbocycles. The van der Waals surface area contributed by atoms with Crippen molar-refractivity contribution in [2.45, 2.75) is 26.3 Å². The molecule has 9 nitrogen and oxygen atoms in total. The second kappa shape index (κ2) is 8.96. The van der Waals surface area contributed by atoms with Gasteiger partial charge in [-0.15, -0.1) is 0 Å². The third-order valence-electron chi connectivity index (χ3n) is 3.54. The van der Waals surface area contributed by atoms with Gasteiger partial charge in [0.2, 0.25) is 5.91 Å². The lowest BCUT2D eigenvalue weighted by molar-refractivity contribution is -0.120. The summed E-state index contributed by atoms with van der Waals surface area (Å²) in [6, 6.07) is 1.81. The lowest BCUT2D eigenvalue weighted by Crippen LogP contribution is -2.47. The van der Waals surface area contributed by atoms with Gasteiger partial charge in [0.1, 0.15) is 12.1 Å². The smallest absolute Gasteiger partial charge is 0.405 e. The average Bonchev–Trinajstić information content (AvgIpc) is 2.57. The topological polar surface area (TPSA) is 125 Å². The molecule has 0 unspecified atom stereocenters. The van der Waals surface area contributed by atoms with Crippen molar-refractivity contribution >= 4 is 50.3 Å². The van der Waals surface area contributed by atoms with E-state index in [0.29, 0.717) is 29.0 Å². The molecule has 2 rings (SSSR count). The van der Waals surface area contributed by atoms with Gasteiger partial charge in [0.05, 0.1) is 28.6 Å². The SMILES string of the molecule is CCOCC(=O)Nc1cnc2cc(Br)cnc2c1NCC(C)(C)NC(=O)O. The van der Waals surface area contributed by atoms with Crippen molar-refractivity contribution in [1.29, 1.82) is 0 Å². The molecule has 146 valence electrons. The van der Waals surface area contributed by atoms with E-state index in [9.17, 15) is 9.59 Å². The quantitative estimate of drug-likeness (QED) is 0.497. The van der Waals surface area contributed by atoms with Crippen molar-refractivity contribution < 1.29 is 19.4 Å². The van der Waals surface area contributed by atoms with Gasteiger partial charge < -0.3 is 25.8 Å². The third kappa shape index (κ3) is 6.04. The van der Waals surface area contributed by atoms with Gasteiger partial charge >= 0.3 is 6.09 Å². The van der Waals surface area contributed by atoms with E-state index in [1.165, 1.54) is 6.20 Å². The number of halogens is 1. The van der Waals surface area contributed by atoms with Crippen LogP contribution in [0.2, 0.25) is 0 Å². The van der Waals surface area contributed by atoms with Gasteiger partial charge in [0.15, 0.2) is 0 Å². The Balaban J connectivity index is 2.34. The fourth-order valence-corrected chi connectivity index (χ4v) is 2.66. The van der Waals surface area contributed by atoms with E-state index >= 15 is 0 Å². The summed E-state index contributed by atoms with van der Waals surface area (Å²) in [4.78, 5) is 31.7. The highest BCUT2D eigenvalue weighted by atomic mass is 79.9. The standard InChI is InChI=1S/C17H22BrN5O4/c1-4-27-8-13(24)22-12-7-19-11-5-10(18)6-20-14(11)15(12)21-9-17(2,3)23-16(25)26/h5-7,23H,4,8-9H2,1-3H3,(H,19,21)(H,22,24)(H,25,26). The molecule has 0 saturated heterocycles. The van der Waals surface area contributed by atoms with Crippen LogP contribution in [0.25, 0.3) is 11.0 Å². The number of carbonyl (C=O) groups excluding carboxylic acids is 1. The van der Waals surface area contributed by atoms with Gasteiger partial charge in [0.25, 0.3) is 0 Å². The summed E-state index contributed by atoms with van der Waals surface area (Å²) in [5.74, 6) is -0.318. The average molecular weight is 440 g/mol. The molecule has 0 bridgehead atoms. The molecule has 2 amide bonds. The van der Waals surface area contributed by atoms with Crippen LogP contribution >= 0.6 is 15.9 Å². The Morgan fingerprint density at radius 1 is 1.30 bits per heavy atom. The Kier molecular flexibility index (Phi) is 6.92. The summed E-state index contributed by atoms with van der Waals surface area (Å²) in [6.45, 7) is 5.91. The Morgan fingerprint density at radius 2 is 2.04 bits per heavy atom. The Morgan fingerprint density at radius 3 is 2.70 bits per heavy atom. The molecule has 0 fully saturated rings. The van der Waals surface area contributed by atoms with Crippen LogP contribution in [0.1, 0.15) is 20.8 Å². The number of hydrogen-bond acceptors (Lipinski definition) is 6. The van der Waals surface area contributed by atoms with Gasteiger partial charge in [-0.2, -0.15) is 0 Å². The molecule has 0 aromatic carbocycles. The Bertz CT molecular complexity index is 843. The van der Waals surface area contributed by atoms with Crippen LogP contribution in [-0.4, -0.2) is 52.4 Å². The highest BCUT2D eigenvalue weighted by Gasteiger charge is 2.22. The van der Waals surface area contributed by atoms with Crippen LogP contribution in [0.15, 0.2) is 22.9 Å². The summed E-state index contributed by atoms with van der Waals surface area (Å²) >= 11 is 3.36. The number of fused-ring (bicyclic) bond motifs is 1. The maximum Gasteiger partial charge on any atom is 0.405 e. The van der Waals surface area contributed by atoms with E-state index in [1.807, 2.05) is 0 Å². The third-order valence-corrected chi connectivity index (χ3v) is 3.97. The molecular weight excluding hydrogens is 418 g/mol. The second-order valence-electron chi connectivity index (χ2n) is 6.42. The van der Waals surface area contributed by atoms with Crippen LogP contribution in [0, 0.1) is 0 Å². The van der Waals surface area contributed by atoms with Gasteiger partial charge in [-0.05, 0) is 42.8 Å². The minimum Gasteiger partial charge on any atom is -0.465 e. The summed E-state index contributed by atoms with van der Waals surface area (Å²) in [5.41, 5.74) is 1.42. The van der Waals surface area contributed by atoms with Crippen LogP contribution in [0.4, 0.5) is 16.2 Å². The summed E-state index contributed by atoms with van der Waals surface area (Å²) in [5, 5.41) is 17.3. The van der Waals surface area contributed by atoms with Crippen LogP contribution in [0.5, 0.6) is 0 Å². The highest BCUT2D eigenvalue weighted by Crippen LogP contribution is 2.30. The van der Waals surface area contributed by atoms with E-state index in [0.717, 1.165) is 4.47 Å². The first-order valence-corrected chi connectivity index (χ1v) is 9.08. The molecule has 0 aliphatic carbocycles. The molecule has 2 aromatic rings. The van der Waals surface area contributed by atoms with E-state index in [4.69, 9.17) is 9.84 Å². The fraction of sp³-hybridized carbons (Fsp3) is 0.412. The number of nitrogens with one attached hydrogen (secondary N) is 3. The minimum atomic E-state index is -1.12. The first-order chi connectivity index (χ1) is 12.7. The van der Waals surface area contributed by atoms with Gasteiger partial charge in [-0.25, -0.2) is 4.79 Å². The first-order valence-electron chi connectivity index (χ1n) is 8.28. The first kappa shape index (κ1) is 20.8. The van der Waals surface area contributed by atoms with E-state index < -0.39 is 11.6 Å². The zero-order valence-corrected chi connectivity index (χ0v) is 16.9. The zero-order valence-electron chi connectivity index (χ0n) is 15.3. The zero-order chi connectivity index (χ0) is 20.0. The predicted molar refractivity (Wildman–Crippen MR) is 106 cm³/mol. The summed E-state index contributed by atoms with van der Waals surface area (Å²) < 4.78 is 5.89. The van der Waals surface area contributed by atoms with Crippen molar-refractivity contribution in [3.05, 3.63) is 22.9 Å². The lowest BCUT2D eigenvalue weighted by atomic mass is 10.1. The lowest BCUT2D eigenvalue weighted by Gasteiger charge is -2.26. The van der Waals surface area contributed by atoms with E-state index in [1.54, 1.807) is 33.0 Å². The number of pyridine rings is 2. The van der Waals surface area contributed by atoms with Gasteiger partial charge in [0, 0.05) is 23.8 Å². The Labute approximate surface area is 165 Å². The number of amides is 2. The van der Waals surface area contributed by atoms with Crippen molar-refractivity contribution in [3.63, 3.8) is 0 Å². The monoisotopic (exact) mass is 439 g/mol. The molecule has 2 heterocycles. The number of carboxylic acid groups (broad SMARTS) is 1. The molecule has 0 radical (unpaired) electrons. The number of carbonyl (C=O) groups is 2. The molecule has 4 N–H and O–H groups in total. The molecular formula is C17H22BrN5O4. The van der Waals surface area contributed by atoms with Crippen molar-refractivity contribution in [1.82, 2.24) is 15.3 Å². The molecule has 0 atom stereocenters. The maximum absolute atomic E-state index is 12.1. The number of anilines is 2. The second-order valence-corrected chi connectivity index (χ2v) is 7.34. The summed E-state index contributed by atoms with van der Waals surface area (Å²) in [7, 11) is 0. The maximum atomic E-state index is 12.1. The normalized spacial score (nSPS) is 11.3. The van der Waals surface area contributed by atoms with Crippen LogP contribution < -0.4 is 16.0 Å². The van der Waals surface area contributed by atoms with Crippen LogP contribution in [0.3, 0.4) is 0 Å². The van der Waals surface area contributed by atoms with E-state index in [2.05, 4.69) is 41.8 Å². The minimum absolute atomic E-state index is 0.0756. The number of rotatable bonds is 8. The highest BCUT2D eigenvalue weighted by molar-refractivity contribution is 9.10. The molecule has 10 heteroatoms. The molecule has 0 spiro atoms. The van der Waals surface area contributed by atoms with Gasteiger partial charge in [-0.1, -0.05) is 0 Å². The fourth-order valence-electron chi connectivity index (χ4n) is 2.34. The molecule has 0 aliphatic rings. The van der Waals surface area contributed by atoms with Gasteiger partial charge in [-0.3, -0.25) is 14.8 Å². The van der Waals surface area contributed by atoms with Crippen molar-refractivity contribution in [3.8, 4) is 0 Å². The number of aromatic nitrogens is 2. The number of nitrogens with zero attached hydrogens (tertiary/aromatic N) is 2. The summed E-state index contributed by atoms with van der Waals surface area (Å²) in [6.07, 6.45) is 2.04. The Hall–Kier alpha value is -2.46. The number of ether oxygens (including phenoxy) is 1. The molecule has 27 heavy (non-hydrogen) atoms. The van der Waals surface area contributed by atoms with Crippen molar-refractivity contribution in [2.75, 3.05) is 30.4 Å². The molecule has 0 aliphatic heterocycles. The van der Waals surface area contributed by atoms with Crippen molar-refractivity contribution in [2.24, 2.45) is 0 Å². The van der Waals surface area contributed by atoms with Crippen LogP contribution in [-0.2, 0) is 9.53 Å². The molecule has 2 aromatic heterocycles. The predicted octanol–water partition coefficient (Wildman–Crippen LogP) is 2.83. The van der Waals surface area contributed by atoms with E-state index in [-0.39, 0.29) is 19.1 Å². The largest absolute Gasteiger partial charge is 0.465 e.